The van der Waals surface area contributed by atoms with E-state index in [1.807, 2.05) is 0 Å². The molecule has 0 fully saturated rings. The molecule has 0 aromatic carbocycles. The Hall–Kier alpha value is -0.120. The Morgan fingerprint density at radius 3 is 2.60 bits per heavy atom. The molecule has 1 aromatic rings. The van der Waals surface area contributed by atoms with Crippen molar-refractivity contribution >= 4 is 43.7 Å². The van der Waals surface area contributed by atoms with Gasteiger partial charge in [0.2, 0.25) is 0 Å². The van der Waals surface area contributed by atoms with Gasteiger partial charge in [-0.25, -0.2) is 9.78 Å². The first-order valence-electron chi connectivity index (χ1n) is 2.45. The molecule has 0 amide bonds. The zero-order valence-electron chi connectivity index (χ0n) is 7.32. The fraction of sp³-hybridized carbons (Fsp3) is 0. The summed E-state index contributed by atoms with van der Waals surface area (Å²) in [6.45, 7) is 0. The summed E-state index contributed by atoms with van der Waals surface area (Å²) < 4.78 is 0. The third-order valence-corrected chi connectivity index (χ3v) is 0.884. The SMILES string of the molecule is O=C(O)c1ccccn1.[Ca+2].[H-].[H-]. The van der Waals surface area contributed by atoms with Crippen LogP contribution in [0.2, 0.25) is 0 Å². The number of hydrogen-bond donors (Lipinski definition) is 1. The number of carboxylic acids is 1. The van der Waals surface area contributed by atoms with Crippen LogP contribution in [0.1, 0.15) is 13.3 Å². The normalized spacial score (nSPS) is 8.00. The molecule has 0 bridgehead atoms. The van der Waals surface area contributed by atoms with Gasteiger partial charge < -0.3 is 7.96 Å². The van der Waals surface area contributed by atoms with Crippen molar-refractivity contribution in [3.8, 4) is 0 Å². The zero-order chi connectivity index (χ0) is 6.69. The predicted octanol–water partition coefficient (Wildman–Crippen LogP) is 0.624. The van der Waals surface area contributed by atoms with E-state index in [2.05, 4.69) is 4.98 Å². The van der Waals surface area contributed by atoms with Crippen LogP contribution in [0.25, 0.3) is 0 Å². The van der Waals surface area contributed by atoms with Crippen LogP contribution in [-0.2, 0) is 0 Å². The van der Waals surface area contributed by atoms with Crippen LogP contribution < -0.4 is 0 Å². The molecule has 4 heteroatoms. The fourth-order valence-corrected chi connectivity index (χ4v) is 0.489. The second-order valence-electron chi connectivity index (χ2n) is 1.52. The molecule has 0 saturated heterocycles. The van der Waals surface area contributed by atoms with E-state index in [1.165, 1.54) is 12.3 Å². The standard InChI is InChI=1S/C6H5NO2.Ca.2H/c8-6(9)5-3-1-2-4-7-5;;;/h1-4H,(H,8,9);;;/q;+2;2*-1. The summed E-state index contributed by atoms with van der Waals surface area (Å²) in [7, 11) is 0. The van der Waals surface area contributed by atoms with E-state index in [1.54, 1.807) is 12.1 Å². The van der Waals surface area contributed by atoms with Crippen LogP contribution in [0.3, 0.4) is 0 Å². The fourth-order valence-electron chi connectivity index (χ4n) is 0.489. The smallest absolute Gasteiger partial charge is 1.00 e. The Balaban J connectivity index is -0.000000270. The van der Waals surface area contributed by atoms with Crippen molar-refractivity contribution in [3.05, 3.63) is 30.1 Å². The summed E-state index contributed by atoms with van der Waals surface area (Å²) >= 11 is 0. The molecule has 0 atom stereocenters. The van der Waals surface area contributed by atoms with Crippen molar-refractivity contribution in [3.63, 3.8) is 0 Å². The maximum absolute atomic E-state index is 10.1. The third-order valence-electron chi connectivity index (χ3n) is 0.884. The maximum Gasteiger partial charge on any atom is 2.00 e. The molecule has 0 radical (unpaired) electrons. The van der Waals surface area contributed by atoms with Gasteiger partial charge in [-0.15, -0.1) is 0 Å². The Bertz CT molecular complexity index is 220. The van der Waals surface area contributed by atoms with Crippen molar-refractivity contribution in [1.82, 2.24) is 4.98 Å². The van der Waals surface area contributed by atoms with Crippen LogP contribution in [0.5, 0.6) is 0 Å². The second-order valence-corrected chi connectivity index (χ2v) is 1.52. The number of pyridine rings is 1. The second kappa shape index (κ2) is 4.66. The quantitative estimate of drug-likeness (QED) is 0.621. The van der Waals surface area contributed by atoms with Gasteiger partial charge in [-0.3, -0.25) is 0 Å². The van der Waals surface area contributed by atoms with Gasteiger partial charge in [-0.1, -0.05) is 6.07 Å². The summed E-state index contributed by atoms with van der Waals surface area (Å²) in [5.74, 6) is -0.990. The summed E-state index contributed by atoms with van der Waals surface area (Å²) in [5, 5.41) is 8.32. The van der Waals surface area contributed by atoms with Gasteiger partial charge in [0.25, 0.3) is 0 Å². The van der Waals surface area contributed by atoms with Crippen molar-refractivity contribution in [2.45, 2.75) is 0 Å². The van der Waals surface area contributed by atoms with Crippen LogP contribution in [0, 0.1) is 0 Å². The number of hydrogen-bond acceptors (Lipinski definition) is 2. The number of aromatic carboxylic acids is 1. The van der Waals surface area contributed by atoms with Gasteiger partial charge in [0.15, 0.2) is 0 Å². The van der Waals surface area contributed by atoms with Crippen molar-refractivity contribution < 1.29 is 12.8 Å². The van der Waals surface area contributed by atoms with Gasteiger partial charge >= 0.3 is 43.7 Å². The van der Waals surface area contributed by atoms with Crippen LogP contribution in [0.4, 0.5) is 0 Å². The minimum Gasteiger partial charge on any atom is -1.00 e. The van der Waals surface area contributed by atoms with Crippen molar-refractivity contribution in [2.75, 3.05) is 0 Å². The first kappa shape index (κ1) is 9.88. The van der Waals surface area contributed by atoms with Crippen LogP contribution in [-0.4, -0.2) is 53.8 Å². The molecule has 0 spiro atoms. The van der Waals surface area contributed by atoms with E-state index in [9.17, 15) is 4.79 Å². The molecule has 0 aliphatic rings. The maximum atomic E-state index is 10.1. The first-order valence-corrected chi connectivity index (χ1v) is 2.45. The number of aromatic nitrogens is 1. The van der Waals surface area contributed by atoms with Gasteiger partial charge in [-0.2, -0.15) is 0 Å². The number of carboxylic acid groups (broad SMARTS) is 1. The summed E-state index contributed by atoms with van der Waals surface area (Å²) in [6.07, 6.45) is 1.45. The van der Waals surface area contributed by atoms with Gasteiger partial charge in [0.05, 0.1) is 0 Å². The van der Waals surface area contributed by atoms with Crippen molar-refractivity contribution in [2.24, 2.45) is 0 Å². The molecule has 3 nitrogen and oxygen atoms in total. The zero-order valence-corrected chi connectivity index (χ0v) is 7.53. The molecular formula is C6H7CaNO2. The third kappa shape index (κ3) is 2.64. The minimum atomic E-state index is -0.990. The molecule has 1 aromatic heterocycles. The molecular weight excluding hydrogens is 158 g/mol. The monoisotopic (exact) mass is 165 g/mol. The molecule has 0 aliphatic heterocycles. The first-order chi connectivity index (χ1) is 4.30. The van der Waals surface area contributed by atoms with E-state index >= 15 is 0 Å². The molecule has 50 valence electrons. The molecule has 0 unspecified atom stereocenters. The molecule has 0 saturated carbocycles. The Morgan fingerprint density at radius 1 is 1.60 bits per heavy atom. The van der Waals surface area contributed by atoms with Crippen LogP contribution >= 0.6 is 0 Å². The summed E-state index contributed by atoms with van der Waals surface area (Å²) in [6, 6.07) is 4.76. The Kier molecular flexibility index (Phi) is 4.60. The number of nitrogens with zero attached hydrogens (tertiary/aromatic N) is 1. The van der Waals surface area contributed by atoms with E-state index in [0.717, 1.165) is 0 Å². The van der Waals surface area contributed by atoms with E-state index in [0.29, 0.717) is 0 Å². The summed E-state index contributed by atoms with van der Waals surface area (Å²) in [5.41, 5.74) is 0.0810. The van der Waals surface area contributed by atoms with E-state index < -0.39 is 5.97 Å². The Morgan fingerprint density at radius 2 is 2.30 bits per heavy atom. The van der Waals surface area contributed by atoms with Crippen molar-refractivity contribution in [1.29, 1.82) is 0 Å². The van der Waals surface area contributed by atoms with Gasteiger partial charge in [0.1, 0.15) is 5.69 Å². The molecule has 10 heavy (non-hydrogen) atoms. The van der Waals surface area contributed by atoms with E-state index in [-0.39, 0.29) is 46.3 Å². The molecule has 0 aliphatic carbocycles. The number of rotatable bonds is 1. The van der Waals surface area contributed by atoms with E-state index in [4.69, 9.17) is 5.11 Å². The minimum absolute atomic E-state index is 0. The predicted molar refractivity (Wildman–Crippen MR) is 39.2 cm³/mol. The topological polar surface area (TPSA) is 50.2 Å². The Labute approximate surface area is 91.1 Å². The molecule has 1 heterocycles. The average molecular weight is 165 g/mol. The van der Waals surface area contributed by atoms with Gasteiger partial charge in [0, 0.05) is 6.20 Å². The van der Waals surface area contributed by atoms with Gasteiger partial charge in [-0.05, 0) is 12.1 Å². The number of carbonyl (C=O) groups is 1. The molecule has 1 N–H and O–H groups in total. The van der Waals surface area contributed by atoms with Crippen LogP contribution in [0.15, 0.2) is 24.4 Å². The molecule has 1 rings (SSSR count). The largest absolute Gasteiger partial charge is 2.00 e. The average Bonchev–Trinajstić information content (AvgIpc) is 1.90. The summed E-state index contributed by atoms with van der Waals surface area (Å²) in [4.78, 5) is 13.7.